The van der Waals surface area contributed by atoms with Crippen molar-refractivity contribution in [2.24, 2.45) is 11.8 Å². The average molecular weight is 459 g/mol. The number of anilines is 1. The first-order chi connectivity index (χ1) is 13.4. The van der Waals surface area contributed by atoms with Gasteiger partial charge in [-0.3, -0.25) is 4.79 Å². The van der Waals surface area contributed by atoms with Crippen LogP contribution in [0, 0.1) is 11.8 Å². The van der Waals surface area contributed by atoms with Crippen LogP contribution < -0.4 is 10.6 Å². The number of rotatable bonds is 6. The highest BCUT2D eigenvalue weighted by Crippen LogP contribution is 2.41. The number of fused-ring (bicyclic) bond motifs is 2. The molecular formula is C19H18Cl3N3O2S. The van der Waals surface area contributed by atoms with Gasteiger partial charge in [0.05, 0.1) is 20.5 Å². The molecule has 0 aliphatic heterocycles. The molecule has 1 saturated carbocycles. The maximum Gasteiger partial charge on any atom is 0.254 e. The lowest BCUT2D eigenvalue weighted by molar-refractivity contribution is 0.0954. The molecule has 4 rings (SSSR count). The van der Waals surface area contributed by atoms with E-state index in [2.05, 4.69) is 27.8 Å². The molecular weight excluding hydrogens is 441 g/mol. The fourth-order valence-corrected chi connectivity index (χ4v) is 5.72. The van der Waals surface area contributed by atoms with Crippen molar-refractivity contribution >= 4 is 57.2 Å². The van der Waals surface area contributed by atoms with Crippen LogP contribution >= 0.6 is 46.1 Å². The van der Waals surface area contributed by atoms with Gasteiger partial charge in [-0.2, -0.15) is 4.98 Å². The van der Waals surface area contributed by atoms with E-state index in [1.165, 1.54) is 29.9 Å². The molecule has 148 valence electrons. The third-order valence-corrected chi connectivity index (χ3v) is 6.99. The van der Waals surface area contributed by atoms with Crippen molar-refractivity contribution in [2.75, 3.05) is 11.9 Å². The standard InChI is InChI=1S/C19H18Cl3N3O2S/c20-11-7-12(21)16(13(22)8-11)18(27)23-4-3-15-17(26)25-19(28-15)24-14-6-9-1-2-10(14)5-9/h1-2,7-10,14,26H,3-6H2,(H,23,27)(H,24,25). The fraction of sp³-hybridized carbons (Fsp3) is 0.368. The fourth-order valence-electron chi connectivity index (χ4n) is 3.81. The van der Waals surface area contributed by atoms with Crippen LogP contribution in [0.25, 0.3) is 0 Å². The molecule has 0 spiro atoms. The summed E-state index contributed by atoms with van der Waals surface area (Å²) in [6.45, 7) is 0.320. The molecule has 1 aromatic heterocycles. The van der Waals surface area contributed by atoms with Crippen LogP contribution in [0.4, 0.5) is 5.13 Å². The molecule has 3 unspecified atom stereocenters. The molecule has 2 bridgehead atoms. The molecule has 2 aromatic rings. The molecule has 3 N–H and O–H groups in total. The number of benzene rings is 1. The number of thiazole rings is 1. The van der Waals surface area contributed by atoms with E-state index < -0.39 is 0 Å². The second kappa shape index (κ2) is 8.11. The van der Waals surface area contributed by atoms with Crippen LogP contribution in [0.5, 0.6) is 5.88 Å². The van der Waals surface area contributed by atoms with Crippen LogP contribution in [0.1, 0.15) is 28.1 Å². The van der Waals surface area contributed by atoms with Crippen molar-refractivity contribution in [3.05, 3.63) is 49.8 Å². The summed E-state index contributed by atoms with van der Waals surface area (Å²) in [4.78, 5) is 17.3. The van der Waals surface area contributed by atoms with E-state index in [4.69, 9.17) is 34.8 Å². The first-order valence-corrected chi connectivity index (χ1v) is 10.9. The summed E-state index contributed by atoms with van der Waals surface area (Å²) in [5.74, 6) is 0.829. The largest absolute Gasteiger partial charge is 0.492 e. The highest BCUT2D eigenvalue weighted by Gasteiger charge is 2.36. The van der Waals surface area contributed by atoms with Crippen molar-refractivity contribution in [1.82, 2.24) is 10.3 Å². The highest BCUT2D eigenvalue weighted by atomic mass is 35.5. The second-order valence-electron chi connectivity index (χ2n) is 7.05. The van der Waals surface area contributed by atoms with Crippen molar-refractivity contribution in [2.45, 2.75) is 25.3 Å². The van der Waals surface area contributed by atoms with Crippen molar-refractivity contribution < 1.29 is 9.90 Å². The van der Waals surface area contributed by atoms with Crippen molar-refractivity contribution in [3.63, 3.8) is 0 Å². The van der Waals surface area contributed by atoms with Crippen LogP contribution in [0.2, 0.25) is 15.1 Å². The van der Waals surface area contributed by atoms with Gasteiger partial charge in [-0.1, -0.05) is 58.3 Å². The number of hydrogen-bond donors (Lipinski definition) is 3. The van der Waals surface area contributed by atoms with Crippen LogP contribution in [0.3, 0.4) is 0 Å². The van der Waals surface area contributed by atoms with Gasteiger partial charge in [0, 0.05) is 24.0 Å². The third kappa shape index (κ3) is 4.10. The number of aromatic nitrogens is 1. The Balaban J connectivity index is 1.33. The summed E-state index contributed by atoms with van der Waals surface area (Å²) in [6, 6.07) is 3.33. The smallest absolute Gasteiger partial charge is 0.254 e. The van der Waals surface area contributed by atoms with Crippen molar-refractivity contribution in [3.8, 4) is 5.88 Å². The zero-order chi connectivity index (χ0) is 19.8. The second-order valence-corrected chi connectivity index (χ2v) is 9.38. The van der Waals surface area contributed by atoms with Gasteiger partial charge in [0.1, 0.15) is 0 Å². The molecule has 0 radical (unpaired) electrons. The molecule has 1 aromatic carbocycles. The van der Waals surface area contributed by atoms with Gasteiger partial charge in [0.2, 0.25) is 5.88 Å². The molecule has 1 fully saturated rings. The average Bonchev–Trinajstić information content (AvgIpc) is 3.30. The van der Waals surface area contributed by atoms with E-state index >= 15 is 0 Å². The van der Waals surface area contributed by atoms with E-state index in [0.29, 0.717) is 41.0 Å². The summed E-state index contributed by atoms with van der Waals surface area (Å²) in [6.07, 6.45) is 7.31. The number of nitrogens with one attached hydrogen (secondary N) is 2. The maximum absolute atomic E-state index is 12.4. The summed E-state index contributed by atoms with van der Waals surface area (Å²) in [7, 11) is 0. The molecule has 0 saturated heterocycles. The topological polar surface area (TPSA) is 74.2 Å². The monoisotopic (exact) mass is 457 g/mol. The van der Waals surface area contributed by atoms with E-state index in [9.17, 15) is 9.90 Å². The molecule has 1 heterocycles. The lowest BCUT2D eigenvalue weighted by atomic mass is 10.0. The Morgan fingerprint density at radius 2 is 1.96 bits per heavy atom. The number of allylic oxidation sites excluding steroid dienone is 1. The van der Waals surface area contributed by atoms with Gasteiger partial charge in [-0.25, -0.2) is 0 Å². The Morgan fingerprint density at radius 3 is 2.61 bits per heavy atom. The molecule has 2 aliphatic rings. The van der Waals surface area contributed by atoms with Crippen LogP contribution in [-0.4, -0.2) is 28.6 Å². The van der Waals surface area contributed by atoms with Crippen LogP contribution in [-0.2, 0) is 6.42 Å². The molecule has 3 atom stereocenters. The zero-order valence-corrected chi connectivity index (χ0v) is 17.8. The van der Waals surface area contributed by atoms with E-state index in [1.54, 1.807) is 0 Å². The Morgan fingerprint density at radius 1 is 1.21 bits per heavy atom. The lowest BCUT2D eigenvalue weighted by Crippen LogP contribution is -2.26. The SMILES string of the molecule is O=C(NCCc1sc(NC2CC3C=CC2C3)nc1O)c1c(Cl)cc(Cl)cc1Cl. The minimum Gasteiger partial charge on any atom is -0.492 e. The number of nitrogens with zero attached hydrogens (tertiary/aromatic N) is 1. The van der Waals surface area contributed by atoms with Crippen LogP contribution in [0.15, 0.2) is 24.3 Å². The Hall–Kier alpha value is -1.47. The lowest BCUT2D eigenvalue weighted by Gasteiger charge is -2.18. The summed E-state index contributed by atoms with van der Waals surface area (Å²) in [5.41, 5.74) is 0.188. The van der Waals surface area contributed by atoms with Gasteiger partial charge in [0.25, 0.3) is 5.91 Å². The van der Waals surface area contributed by atoms with Gasteiger partial charge in [0.15, 0.2) is 5.13 Å². The van der Waals surface area contributed by atoms with E-state index in [-0.39, 0.29) is 27.4 Å². The minimum absolute atomic E-state index is 0.00278. The number of hydrogen-bond acceptors (Lipinski definition) is 5. The summed E-state index contributed by atoms with van der Waals surface area (Å²) < 4.78 is 0. The summed E-state index contributed by atoms with van der Waals surface area (Å²) in [5, 5.41) is 17.8. The summed E-state index contributed by atoms with van der Waals surface area (Å²) >= 11 is 19.4. The minimum atomic E-state index is -0.386. The normalized spacial score (nSPS) is 22.6. The molecule has 5 nitrogen and oxygen atoms in total. The first kappa shape index (κ1) is 19.8. The molecule has 9 heteroatoms. The van der Waals surface area contributed by atoms with Gasteiger partial charge < -0.3 is 15.7 Å². The highest BCUT2D eigenvalue weighted by molar-refractivity contribution is 7.15. The Labute approximate surface area is 181 Å². The van der Waals surface area contributed by atoms with Gasteiger partial charge in [-0.15, -0.1) is 0 Å². The van der Waals surface area contributed by atoms with Crippen molar-refractivity contribution in [1.29, 1.82) is 0 Å². The molecule has 2 aliphatic carbocycles. The van der Waals surface area contributed by atoms with Gasteiger partial charge in [-0.05, 0) is 36.8 Å². The van der Waals surface area contributed by atoms with E-state index in [1.807, 2.05) is 0 Å². The number of aromatic hydroxyl groups is 1. The maximum atomic E-state index is 12.4. The van der Waals surface area contributed by atoms with E-state index in [0.717, 1.165) is 11.3 Å². The predicted octanol–water partition coefficient (Wildman–Crippen LogP) is 5.16. The molecule has 28 heavy (non-hydrogen) atoms. The zero-order valence-electron chi connectivity index (χ0n) is 14.7. The quantitative estimate of drug-likeness (QED) is 0.523. The number of amides is 1. The number of carbonyl (C=O) groups is 1. The Bertz CT molecular complexity index is 923. The van der Waals surface area contributed by atoms with Gasteiger partial charge >= 0.3 is 0 Å². The number of halogens is 3. The third-order valence-electron chi connectivity index (χ3n) is 5.14. The number of carbonyl (C=O) groups excluding carboxylic acids is 1. The Kier molecular flexibility index (Phi) is 5.74. The predicted molar refractivity (Wildman–Crippen MR) is 114 cm³/mol. The molecule has 1 amide bonds. The first-order valence-electron chi connectivity index (χ1n) is 8.97.